The Morgan fingerprint density at radius 2 is 1.87 bits per heavy atom. The van der Waals surface area contributed by atoms with Crippen molar-refractivity contribution >= 4 is 21.8 Å². The highest BCUT2D eigenvalue weighted by Crippen LogP contribution is 2.37. The Morgan fingerprint density at radius 1 is 1.11 bits per heavy atom. The maximum atomic E-state index is 13.5. The standard InChI is InChI=1S/C28H34N4O5S/c1-30(24-12-17-37-26-18-21(10-11-23(24)26)20-31-14-6-3-7-15-31)27(33)19-25-28(34)29-13-16-32(25)38(35,36)22-8-4-2-5-9-22/h2,4-5,8-11,13,16,18,24-25H,3,6-7,12,14-15,17,19-20H2,1H3,(H,29,34). The van der Waals surface area contributed by atoms with Gasteiger partial charge >= 0.3 is 0 Å². The van der Waals surface area contributed by atoms with Crippen molar-refractivity contribution in [2.24, 2.45) is 0 Å². The molecule has 9 nitrogen and oxygen atoms in total. The zero-order valence-electron chi connectivity index (χ0n) is 21.6. The quantitative estimate of drug-likeness (QED) is 0.582. The third-order valence-electron chi connectivity index (χ3n) is 7.55. The van der Waals surface area contributed by atoms with Gasteiger partial charge < -0.3 is 15.0 Å². The second-order valence-corrected chi connectivity index (χ2v) is 11.9. The molecule has 0 spiro atoms. The summed E-state index contributed by atoms with van der Waals surface area (Å²) < 4.78 is 33.5. The van der Waals surface area contributed by atoms with E-state index < -0.39 is 22.0 Å². The average Bonchev–Trinajstić information content (AvgIpc) is 2.94. The van der Waals surface area contributed by atoms with Crippen LogP contribution in [0, 0.1) is 0 Å². The van der Waals surface area contributed by atoms with E-state index in [4.69, 9.17) is 4.74 Å². The van der Waals surface area contributed by atoms with Crippen molar-refractivity contribution in [2.75, 3.05) is 26.7 Å². The molecule has 0 aliphatic carbocycles. The van der Waals surface area contributed by atoms with Crippen LogP contribution in [-0.4, -0.2) is 67.1 Å². The van der Waals surface area contributed by atoms with E-state index in [1.807, 2.05) is 6.07 Å². The third-order valence-corrected chi connectivity index (χ3v) is 9.34. The number of carbonyl (C=O) groups is 2. The maximum absolute atomic E-state index is 13.5. The molecule has 0 saturated carbocycles. The summed E-state index contributed by atoms with van der Waals surface area (Å²) in [6, 6.07) is 12.7. The van der Waals surface area contributed by atoms with Gasteiger partial charge in [-0.15, -0.1) is 0 Å². The second kappa shape index (κ2) is 11.2. The summed E-state index contributed by atoms with van der Waals surface area (Å²) in [6.45, 7) is 3.58. The van der Waals surface area contributed by atoms with Gasteiger partial charge in [-0.2, -0.15) is 0 Å². The fraction of sp³-hybridized carbons (Fsp3) is 0.429. The molecule has 3 heterocycles. The van der Waals surface area contributed by atoms with Crippen molar-refractivity contribution in [2.45, 2.75) is 55.6 Å². The Labute approximate surface area is 224 Å². The molecule has 202 valence electrons. The summed E-state index contributed by atoms with van der Waals surface area (Å²) >= 11 is 0. The highest BCUT2D eigenvalue weighted by Gasteiger charge is 2.38. The lowest BCUT2D eigenvalue weighted by molar-refractivity contribution is -0.136. The minimum Gasteiger partial charge on any atom is -0.493 e. The molecule has 2 aromatic carbocycles. The molecule has 1 N–H and O–H groups in total. The molecule has 5 rings (SSSR count). The Hall–Kier alpha value is -3.37. The van der Waals surface area contributed by atoms with E-state index >= 15 is 0 Å². The average molecular weight is 539 g/mol. The van der Waals surface area contributed by atoms with Crippen LogP contribution >= 0.6 is 0 Å². The van der Waals surface area contributed by atoms with E-state index in [0.717, 1.165) is 35.3 Å². The van der Waals surface area contributed by atoms with Crippen LogP contribution in [0.1, 0.15) is 49.3 Å². The lowest BCUT2D eigenvalue weighted by Gasteiger charge is -2.36. The number of likely N-dealkylation sites (tertiary alicyclic amines) is 1. The summed E-state index contributed by atoms with van der Waals surface area (Å²) in [5.74, 6) is -0.0746. The molecule has 2 aromatic rings. The first-order valence-electron chi connectivity index (χ1n) is 13.1. The van der Waals surface area contributed by atoms with Crippen molar-refractivity contribution in [3.05, 3.63) is 72.1 Å². The first-order valence-corrected chi connectivity index (χ1v) is 14.6. The van der Waals surface area contributed by atoms with Gasteiger partial charge in [0.15, 0.2) is 0 Å². The number of nitrogens with one attached hydrogen (secondary N) is 1. The first kappa shape index (κ1) is 26.2. The number of nitrogens with zero attached hydrogens (tertiary/aromatic N) is 3. The number of amides is 2. The van der Waals surface area contributed by atoms with Crippen LogP contribution in [0.3, 0.4) is 0 Å². The molecule has 2 amide bonds. The largest absolute Gasteiger partial charge is 0.493 e. The van der Waals surface area contributed by atoms with Crippen molar-refractivity contribution in [3.8, 4) is 5.75 Å². The number of ether oxygens (including phenoxy) is 1. The minimum atomic E-state index is -4.02. The fourth-order valence-electron chi connectivity index (χ4n) is 5.43. The van der Waals surface area contributed by atoms with Gasteiger partial charge in [0.2, 0.25) is 11.8 Å². The van der Waals surface area contributed by atoms with E-state index in [9.17, 15) is 18.0 Å². The number of hydrogen-bond donors (Lipinski definition) is 1. The predicted octanol–water partition coefficient (Wildman–Crippen LogP) is 3.01. The predicted molar refractivity (Wildman–Crippen MR) is 142 cm³/mol. The first-order chi connectivity index (χ1) is 18.3. The van der Waals surface area contributed by atoms with Crippen molar-refractivity contribution in [3.63, 3.8) is 0 Å². The molecule has 0 radical (unpaired) electrons. The van der Waals surface area contributed by atoms with Gasteiger partial charge in [-0.25, -0.2) is 8.42 Å². The summed E-state index contributed by atoms with van der Waals surface area (Å²) in [5, 5.41) is 2.54. The molecule has 2 atom stereocenters. The third kappa shape index (κ3) is 5.42. The topological polar surface area (TPSA) is 99.3 Å². The number of rotatable bonds is 7. The van der Waals surface area contributed by atoms with Crippen LogP contribution < -0.4 is 10.1 Å². The molecule has 1 fully saturated rings. The molecule has 1 saturated heterocycles. The number of piperidine rings is 1. The van der Waals surface area contributed by atoms with Gasteiger partial charge in [-0.1, -0.05) is 36.8 Å². The van der Waals surface area contributed by atoms with Gasteiger partial charge in [0.1, 0.15) is 11.8 Å². The Bertz CT molecular complexity index is 1310. The Morgan fingerprint density at radius 3 is 2.63 bits per heavy atom. The molecule has 3 aliphatic rings. The van der Waals surface area contributed by atoms with Crippen LogP contribution in [0.4, 0.5) is 0 Å². The van der Waals surface area contributed by atoms with E-state index in [0.29, 0.717) is 13.0 Å². The summed E-state index contributed by atoms with van der Waals surface area (Å²) in [7, 11) is -2.31. The van der Waals surface area contributed by atoms with E-state index in [2.05, 4.69) is 22.3 Å². The van der Waals surface area contributed by atoms with Crippen molar-refractivity contribution < 1.29 is 22.7 Å². The van der Waals surface area contributed by atoms with Crippen LogP contribution in [0.15, 0.2) is 65.8 Å². The minimum absolute atomic E-state index is 0.0591. The maximum Gasteiger partial charge on any atom is 0.264 e. The van der Waals surface area contributed by atoms with Crippen LogP contribution in [-0.2, 0) is 26.2 Å². The Kier molecular flexibility index (Phi) is 7.71. The number of benzene rings is 2. The van der Waals surface area contributed by atoms with Crippen LogP contribution in [0.2, 0.25) is 0 Å². The smallest absolute Gasteiger partial charge is 0.264 e. The number of sulfonamides is 1. The molecule has 3 aliphatic heterocycles. The summed E-state index contributed by atoms with van der Waals surface area (Å²) in [6.07, 6.45) is 6.67. The van der Waals surface area contributed by atoms with Gasteiger partial charge in [-0.3, -0.25) is 18.8 Å². The van der Waals surface area contributed by atoms with Gasteiger partial charge in [0, 0.05) is 38.0 Å². The highest BCUT2D eigenvalue weighted by molar-refractivity contribution is 7.89. The Balaban J connectivity index is 1.32. The van der Waals surface area contributed by atoms with E-state index in [1.165, 1.54) is 49.4 Å². The van der Waals surface area contributed by atoms with E-state index in [1.54, 1.807) is 30.1 Å². The molecular formula is C28H34N4O5S. The number of carbonyl (C=O) groups excluding carboxylic acids is 2. The second-order valence-electron chi connectivity index (χ2n) is 10.1. The molecule has 0 aromatic heterocycles. The van der Waals surface area contributed by atoms with Gasteiger partial charge in [0.25, 0.3) is 10.0 Å². The SMILES string of the molecule is CN(C(=O)CC1C(=O)NC=CN1S(=O)(=O)c1ccccc1)C1CCOc2cc(CN3CCCCC3)ccc21. The van der Waals surface area contributed by atoms with Gasteiger partial charge in [0.05, 0.1) is 24.0 Å². The van der Waals surface area contributed by atoms with Crippen molar-refractivity contribution in [1.82, 2.24) is 19.4 Å². The number of hydrogen-bond acceptors (Lipinski definition) is 6. The summed E-state index contributed by atoms with van der Waals surface area (Å²) in [5.41, 5.74) is 2.11. The molecule has 10 heteroatoms. The zero-order chi connectivity index (χ0) is 26.7. The highest BCUT2D eigenvalue weighted by atomic mass is 32.2. The van der Waals surface area contributed by atoms with Crippen LogP contribution in [0.25, 0.3) is 0 Å². The van der Waals surface area contributed by atoms with Gasteiger partial charge in [-0.05, 0) is 49.7 Å². The molecular weight excluding hydrogens is 504 g/mol. The lowest BCUT2D eigenvalue weighted by atomic mass is 9.96. The molecule has 2 unspecified atom stereocenters. The monoisotopic (exact) mass is 538 g/mol. The van der Waals surface area contributed by atoms with E-state index in [-0.39, 0.29) is 23.3 Å². The number of fused-ring (bicyclic) bond motifs is 1. The normalized spacial score (nSPS) is 21.8. The fourth-order valence-corrected chi connectivity index (χ4v) is 6.90. The zero-order valence-corrected chi connectivity index (χ0v) is 22.4. The summed E-state index contributed by atoms with van der Waals surface area (Å²) in [4.78, 5) is 30.3. The lowest BCUT2D eigenvalue weighted by Crippen LogP contribution is -2.51. The van der Waals surface area contributed by atoms with Crippen LogP contribution in [0.5, 0.6) is 5.75 Å². The molecule has 0 bridgehead atoms. The molecule has 38 heavy (non-hydrogen) atoms. The van der Waals surface area contributed by atoms with Crippen molar-refractivity contribution in [1.29, 1.82) is 0 Å².